The Bertz CT molecular complexity index is 577. The van der Waals surface area contributed by atoms with E-state index in [9.17, 15) is 8.78 Å². The van der Waals surface area contributed by atoms with Crippen LogP contribution in [0.1, 0.15) is 51.4 Å². The topological polar surface area (TPSA) is 61.6 Å². The van der Waals surface area contributed by atoms with Crippen LogP contribution in [0.15, 0.2) is 40.9 Å². The molecule has 2 atom stereocenters. The van der Waals surface area contributed by atoms with Crippen molar-refractivity contribution in [2.45, 2.75) is 69.4 Å². The zero-order chi connectivity index (χ0) is 17.7. The zero-order valence-corrected chi connectivity index (χ0v) is 14.6. The number of azo groups is 1. The van der Waals surface area contributed by atoms with Crippen LogP contribution < -0.4 is 10.8 Å². The van der Waals surface area contributed by atoms with Gasteiger partial charge < -0.3 is 10.5 Å². The molecular weight excluding hydrogens is 324 g/mol. The molecule has 25 heavy (non-hydrogen) atoms. The molecule has 2 aliphatic carbocycles. The Morgan fingerprint density at radius 2 is 2.00 bits per heavy atom. The minimum Gasteiger partial charge on any atom is -0.496 e. The highest BCUT2D eigenvalue weighted by Gasteiger charge is 2.50. The molecule has 0 radical (unpaired) electrons. The summed E-state index contributed by atoms with van der Waals surface area (Å²) in [4.78, 5) is 0. The molecule has 3 N–H and O–H groups in total. The Morgan fingerprint density at radius 1 is 1.20 bits per heavy atom. The predicted octanol–water partition coefficient (Wildman–Crippen LogP) is 2.97. The summed E-state index contributed by atoms with van der Waals surface area (Å²) >= 11 is 0. The number of alkyl halides is 2. The maximum Gasteiger partial charge on any atom is 0.311 e. The largest absolute Gasteiger partial charge is 0.496 e. The van der Waals surface area contributed by atoms with Crippen molar-refractivity contribution in [2.75, 3.05) is 6.61 Å². The van der Waals surface area contributed by atoms with Gasteiger partial charge in [-0.1, -0.05) is 31.4 Å². The second kappa shape index (κ2) is 8.21. The number of nitrogens with one attached hydrogen (secondary N) is 1. The number of hydrogen-bond acceptors (Lipinski definition) is 3. The van der Waals surface area contributed by atoms with Gasteiger partial charge in [-0.15, -0.1) is 5.11 Å². The number of ether oxygens (including phenoxy) is 1. The second-order valence-corrected chi connectivity index (χ2v) is 7.29. The molecule has 3 aliphatic rings. The van der Waals surface area contributed by atoms with Gasteiger partial charge in [-0.05, 0) is 42.8 Å². The Labute approximate surface area is 147 Å². The molecule has 0 aromatic carbocycles. The fourth-order valence-corrected chi connectivity index (χ4v) is 3.78. The number of allylic oxidation sites excluding steroid dienone is 2. The zero-order valence-electron chi connectivity index (χ0n) is 14.6. The van der Waals surface area contributed by atoms with Crippen molar-refractivity contribution in [3.63, 3.8) is 0 Å². The highest BCUT2D eigenvalue weighted by Crippen LogP contribution is 2.31. The normalized spacial score (nSPS) is 31.0. The van der Waals surface area contributed by atoms with Crippen LogP contribution in [0.25, 0.3) is 0 Å². The molecule has 2 fully saturated rings. The standard InChI is InChI=1S/C19H27F2N3O/c20-19(21)11-4-7-16(22)18(19)24-23-17-10-12-25-13-15(17)9-8-14-5-2-1-3-6-14/h8-10,13-14,16,18H,1-7,11-12,22H2/p+1/b9-8+,24-23?/t16-,18-/m1/s1. The summed E-state index contributed by atoms with van der Waals surface area (Å²) in [6, 6.07) is -1.70. The fraction of sp³-hybridized carbons (Fsp3) is 0.684. The van der Waals surface area contributed by atoms with E-state index in [1.807, 2.05) is 6.08 Å². The molecule has 0 unspecified atom stereocenters. The molecule has 6 heteroatoms. The average molecular weight is 352 g/mol. The Morgan fingerprint density at radius 3 is 2.76 bits per heavy atom. The van der Waals surface area contributed by atoms with Crippen LogP contribution >= 0.6 is 0 Å². The average Bonchev–Trinajstić information content (AvgIpc) is 2.61. The molecule has 0 amide bonds. The first-order valence-corrected chi connectivity index (χ1v) is 9.36. The van der Waals surface area contributed by atoms with Gasteiger partial charge in [0.2, 0.25) is 0 Å². The van der Waals surface area contributed by atoms with Crippen molar-refractivity contribution in [3.8, 4) is 0 Å². The van der Waals surface area contributed by atoms with Crippen LogP contribution in [-0.2, 0) is 4.74 Å². The van der Waals surface area contributed by atoms with Crippen molar-refractivity contribution in [1.82, 2.24) is 0 Å². The summed E-state index contributed by atoms with van der Waals surface area (Å²) in [5.74, 6) is -2.24. The van der Waals surface area contributed by atoms with E-state index in [1.54, 1.807) is 12.3 Å². The number of halogens is 2. The molecule has 0 spiro atoms. The van der Waals surface area contributed by atoms with Gasteiger partial charge in [0, 0.05) is 12.0 Å². The lowest BCUT2D eigenvalue weighted by molar-refractivity contribution is -0.601. The molecule has 0 bridgehead atoms. The molecule has 0 aromatic rings. The lowest BCUT2D eigenvalue weighted by atomic mass is 9.88. The Hall–Kier alpha value is -1.56. The second-order valence-electron chi connectivity index (χ2n) is 7.29. The van der Waals surface area contributed by atoms with Gasteiger partial charge >= 0.3 is 5.92 Å². The summed E-state index contributed by atoms with van der Waals surface area (Å²) in [5.41, 5.74) is 7.35. The summed E-state index contributed by atoms with van der Waals surface area (Å²) in [6.45, 7) is 0.397. The van der Waals surface area contributed by atoms with Gasteiger partial charge in [0.05, 0.1) is 12.3 Å². The highest BCUT2D eigenvalue weighted by molar-refractivity contribution is 5.39. The van der Waals surface area contributed by atoms with Crippen LogP contribution in [0.4, 0.5) is 8.78 Å². The molecular formula is C19H28F2N3O+. The number of nitrogens with two attached hydrogens (primary N) is 1. The van der Waals surface area contributed by atoms with Gasteiger partial charge in [-0.2, -0.15) is 8.78 Å². The smallest absolute Gasteiger partial charge is 0.311 e. The van der Waals surface area contributed by atoms with Gasteiger partial charge in [0.1, 0.15) is 12.3 Å². The van der Waals surface area contributed by atoms with E-state index in [0.717, 1.165) is 5.57 Å². The van der Waals surface area contributed by atoms with Crippen LogP contribution in [0.5, 0.6) is 0 Å². The van der Waals surface area contributed by atoms with Gasteiger partial charge in [0.25, 0.3) is 6.04 Å². The van der Waals surface area contributed by atoms with Crippen LogP contribution in [-0.4, -0.2) is 24.6 Å². The van der Waals surface area contributed by atoms with Crippen molar-refractivity contribution in [1.29, 1.82) is 0 Å². The molecule has 1 heterocycles. The monoisotopic (exact) mass is 352 g/mol. The van der Waals surface area contributed by atoms with Crippen molar-refractivity contribution in [3.05, 3.63) is 35.8 Å². The maximum atomic E-state index is 14.1. The SMILES string of the molecule is N[C@@H]1CCCC(F)(F)[C@@H]1[NH+]=NC1=CCOC=C1/C=C/C1CCCCC1. The van der Waals surface area contributed by atoms with E-state index in [1.165, 1.54) is 32.1 Å². The van der Waals surface area contributed by atoms with Gasteiger partial charge in [-0.3, -0.25) is 0 Å². The lowest BCUT2D eigenvalue weighted by Gasteiger charge is -2.28. The first-order chi connectivity index (χ1) is 12.1. The van der Waals surface area contributed by atoms with E-state index in [2.05, 4.69) is 16.3 Å². The molecule has 0 saturated heterocycles. The first-order valence-electron chi connectivity index (χ1n) is 9.36. The quantitative estimate of drug-likeness (QED) is 0.764. The molecule has 2 saturated carbocycles. The third-order valence-electron chi connectivity index (χ3n) is 5.33. The summed E-state index contributed by atoms with van der Waals surface area (Å²) in [7, 11) is 0. The third kappa shape index (κ3) is 4.75. The van der Waals surface area contributed by atoms with E-state index in [4.69, 9.17) is 10.5 Å². The Kier molecular flexibility index (Phi) is 5.99. The number of rotatable bonds is 4. The summed E-state index contributed by atoms with van der Waals surface area (Å²) in [6.07, 6.45) is 14.9. The van der Waals surface area contributed by atoms with E-state index in [-0.39, 0.29) is 6.42 Å². The van der Waals surface area contributed by atoms with Crippen molar-refractivity contribution in [2.24, 2.45) is 16.8 Å². The number of nitrogens with zero attached hydrogens (tertiary/aromatic N) is 1. The van der Waals surface area contributed by atoms with Crippen LogP contribution in [0.2, 0.25) is 0 Å². The molecule has 0 aromatic heterocycles. The van der Waals surface area contributed by atoms with E-state index >= 15 is 0 Å². The Balaban J connectivity index is 1.68. The van der Waals surface area contributed by atoms with Crippen LogP contribution in [0.3, 0.4) is 0 Å². The number of hydrogen-bond donors (Lipinski definition) is 2. The maximum absolute atomic E-state index is 14.1. The minimum atomic E-state index is -2.82. The predicted molar refractivity (Wildman–Crippen MR) is 91.8 cm³/mol. The van der Waals surface area contributed by atoms with E-state index in [0.29, 0.717) is 31.1 Å². The van der Waals surface area contributed by atoms with E-state index < -0.39 is 18.0 Å². The van der Waals surface area contributed by atoms with Crippen molar-refractivity contribution >= 4 is 0 Å². The van der Waals surface area contributed by atoms with Crippen LogP contribution in [0, 0.1) is 5.92 Å². The molecule has 138 valence electrons. The van der Waals surface area contributed by atoms with Crippen molar-refractivity contribution < 1.29 is 18.6 Å². The summed E-state index contributed by atoms with van der Waals surface area (Å²) in [5, 5.41) is 6.90. The minimum absolute atomic E-state index is 0.139. The molecule has 3 rings (SSSR count). The third-order valence-corrected chi connectivity index (χ3v) is 5.33. The summed E-state index contributed by atoms with van der Waals surface area (Å²) < 4.78 is 33.5. The highest BCUT2D eigenvalue weighted by atomic mass is 19.3. The fourth-order valence-electron chi connectivity index (χ4n) is 3.78. The van der Waals surface area contributed by atoms with Gasteiger partial charge in [-0.25, -0.2) is 0 Å². The lowest BCUT2D eigenvalue weighted by Crippen LogP contribution is -2.85. The molecule has 1 aliphatic heterocycles. The molecule has 4 nitrogen and oxygen atoms in total. The van der Waals surface area contributed by atoms with Gasteiger partial charge in [0.15, 0.2) is 0 Å². The first kappa shape index (κ1) is 18.2.